The Labute approximate surface area is 237 Å². The number of benzene rings is 2. The van der Waals surface area contributed by atoms with Crippen LogP contribution >= 0.6 is 11.3 Å². The summed E-state index contributed by atoms with van der Waals surface area (Å²) in [4.78, 5) is 45.3. The van der Waals surface area contributed by atoms with Crippen LogP contribution < -0.4 is 14.4 Å². The van der Waals surface area contributed by atoms with Gasteiger partial charge in [-0.05, 0) is 69.2 Å². The Hall–Kier alpha value is -4.18. The number of Topliss-reactive ketones (excluding diaryl/α,β-unsaturated/α-hetero) is 1. The van der Waals surface area contributed by atoms with Crippen LogP contribution in [0.1, 0.15) is 66.1 Å². The highest BCUT2D eigenvalue weighted by atomic mass is 32.1. The van der Waals surface area contributed by atoms with Gasteiger partial charge in [-0.1, -0.05) is 36.8 Å². The Morgan fingerprint density at radius 3 is 2.25 bits per heavy atom. The smallest absolute Gasteiger partial charge is 0.350 e. The minimum absolute atomic E-state index is 0.0839. The maximum atomic E-state index is 13.5. The first-order chi connectivity index (χ1) is 19.3. The van der Waals surface area contributed by atoms with Crippen LogP contribution in [0.25, 0.3) is 5.76 Å². The number of nitrogens with zero attached hydrogens (tertiary/aromatic N) is 2. The molecule has 3 aromatic rings. The molecule has 2 heterocycles. The van der Waals surface area contributed by atoms with Gasteiger partial charge in [0.15, 0.2) is 5.13 Å². The first-order valence-corrected chi connectivity index (χ1v) is 14.0. The molecule has 1 unspecified atom stereocenters. The molecule has 0 spiro atoms. The summed E-state index contributed by atoms with van der Waals surface area (Å²) in [6.07, 6.45) is 1.92. The zero-order valence-corrected chi connectivity index (χ0v) is 23.7. The van der Waals surface area contributed by atoms with E-state index in [1.165, 1.54) is 4.90 Å². The number of aliphatic hydroxyl groups excluding tert-OH is 1. The molecule has 9 nitrogen and oxygen atoms in total. The van der Waals surface area contributed by atoms with Gasteiger partial charge in [-0.15, -0.1) is 0 Å². The molecule has 40 heavy (non-hydrogen) atoms. The zero-order chi connectivity index (χ0) is 28.8. The number of esters is 1. The number of amides is 1. The van der Waals surface area contributed by atoms with Crippen molar-refractivity contribution < 1.29 is 33.7 Å². The van der Waals surface area contributed by atoms with Crippen LogP contribution in [-0.2, 0) is 14.3 Å². The van der Waals surface area contributed by atoms with Gasteiger partial charge in [-0.3, -0.25) is 14.5 Å². The quantitative estimate of drug-likeness (QED) is 0.102. The normalized spacial score (nSPS) is 16.3. The van der Waals surface area contributed by atoms with Crippen molar-refractivity contribution >= 4 is 39.9 Å². The lowest BCUT2D eigenvalue weighted by Gasteiger charge is -2.23. The van der Waals surface area contributed by atoms with E-state index in [-0.39, 0.29) is 27.9 Å². The van der Waals surface area contributed by atoms with Crippen molar-refractivity contribution in [1.29, 1.82) is 0 Å². The Balaban J connectivity index is 1.80. The molecule has 1 aliphatic heterocycles. The molecule has 2 aromatic carbocycles. The van der Waals surface area contributed by atoms with Gasteiger partial charge in [0.25, 0.3) is 5.78 Å². The third-order valence-corrected chi connectivity index (χ3v) is 7.43. The van der Waals surface area contributed by atoms with Crippen LogP contribution in [0, 0.1) is 6.92 Å². The summed E-state index contributed by atoms with van der Waals surface area (Å²) in [7, 11) is 0. The van der Waals surface area contributed by atoms with E-state index in [1.807, 2.05) is 6.92 Å². The van der Waals surface area contributed by atoms with E-state index in [1.54, 1.807) is 62.4 Å². The maximum absolute atomic E-state index is 13.5. The number of anilines is 1. The van der Waals surface area contributed by atoms with E-state index >= 15 is 0 Å². The average Bonchev–Trinajstić information content (AvgIpc) is 3.46. The zero-order valence-electron chi connectivity index (χ0n) is 22.9. The number of hydrogen-bond acceptors (Lipinski definition) is 9. The van der Waals surface area contributed by atoms with Crippen molar-refractivity contribution in [3.8, 4) is 11.5 Å². The van der Waals surface area contributed by atoms with Crippen LogP contribution in [0.3, 0.4) is 0 Å². The fourth-order valence-electron chi connectivity index (χ4n) is 4.33. The SMILES string of the molecule is CCCCOc1ccc(C(O)=C2C(=O)C(=O)N(c3nc(C)c(C(=O)OCC)s3)C2c2ccc(OCC)cc2)cc1. The Morgan fingerprint density at radius 2 is 1.62 bits per heavy atom. The summed E-state index contributed by atoms with van der Waals surface area (Å²) in [5.41, 5.74) is 1.22. The minimum Gasteiger partial charge on any atom is -0.507 e. The highest BCUT2D eigenvalue weighted by Crippen LogP contribution is 2.44. The van der Waals surface area contributed by atoms with E-state index in [2.05, 4.69) is 11.9 Å². The topological polar surface area (TPSA) is 115 Å². The fraction of sp³-hybridized carbons (Fsp3) is 0.333. The van der Waals surface area contributed by atoms with E-state index in [0.29, 0.717) is 41.5 Å². The van der Waals surface area contributed by atoms with Crippen molar-refractivity contribution in [2.45, 2.75) is 46.6 Å². The van der Waals surface area contributed by atoms with Gasteiger partial charge in [0.2, 0.25) is 0 Å². The van der Waals surface area contributed by atoms with Crippen LogP contribution in [0.5, 0.6) is 11.5 Å². The van der Waals surface area contributed by atoms with Gasteiger partial charge in [0.05, 0.1) is 37.1 Å². The second kappa shape index (κ2) is 12.8. The molecule has 0 aliphatic carbocycles. The fourth-order valence-corrected chi connectivity index (χ4v) is 5.32. The molecular formula is C30H32N2O7S. The average molecular weight is 565 g/mol. The number of hydrogen-bond donors (Lipinski definition) is 1. The van der Waals surface area contributed by atoms with Crippen LogP contribution in [0.4, 0.5) is 5.13 Å². The first-order valence-electron chi connectivity index (χ1n) is 13.2. The second-order valence-electron chi connectivity index (χ2n) is 9.03. The Bertz CT molecular complexity index is 1410. The molecule has 1 aromatic heterocycles. The lowest BCUT2D eigenvalue weighted by atomic mass is 9.95. The monoisotopic (exact) mass is 564 g/mol. The molecule has 1 aliphatic rings. The molecule has 0 radical (unpaired) electrons. The predicted octanol–water partition coefficient (Wildman–Crippen LogP) is 5.83. The van der Waals surface area contributed by atoms with Gasteiger partial charge < -0.3 is 19.3 Å². The number of ketones is 1. The van der Waals surface area contributed by atoms with Crippen molar-refractivity contribution in [2.24, 2.45) is 0 Å². The van der Waals surface area contributed by atoms with Crippen molar-refractivity contribution in [2.75, 3.05) is 24.7 Å². The summed E-state index contributed by atoms with van der Waals surface area (Å²) >= 11 is 0.963. The third-order valence-electron chi connectivity index (χ3n) is 6.30. The number of thiazole rings is 1. The molecule has 1 atom stereocenters. The number of unbranched alkanes of at least 4 members (excludes halogenated alkanes) is 1. The molecular weight excluding hydrogens is 532 g/mol. The van der Waals surface area contributed by atoms with Crippen LogP contribution in [-0.4, -0.2) is 47.6 Å². The predicted molar refractivity (Wildman–Crippen MR) is 152 cm³/mol. The molecule has 210 valence electrons. The molecule has 1 N–H and O–H groups in total. The van der Waals surface area contributed by atoms with Gasteiger partial charge in [-0.25, -0.2) is 9.78 Å². The van der Waals surface area contributed by atoms with E-state index in [0.717, 1.165) is 24.2 Å². The number of carbonyl (C=O) groups excluding carboxylic acids is 3. The number of aryl methyl sites for hydroxylation is 1. The van der Waals surface area contributed by atoms with Crippen molar-refractivity contribution in [1.82, 2.24) is 4.98 Å². The number of carbonyl (C=O) groups is 3. The molecule has 1 amide bonds. The number of aromatic nitrogens is 1. The van der Waals surface area contributed by atoms with E-state index in [9.17, 15) is 19.5 Å². The van der Waals surface area contributed by atoms with Gasteiger partial charge >= 0.3 is 11.9 Å². The van der Waals surface area contributed by atoms with Gasteiger partial charge in [0.1, 0.15) is 22.1 Å². The molecule has 0 bridgehead atoms. The Morgan fingerprint density at radius 1 is 0.975 bits per heavy atom. The summed E-state index contributed by atoms with van der Waals surface area (Å²) in [5.74, 6) is -1.33. The Kier molecular flexibility index (Phi) is 9.21. The lowest BCUT2D eigenvalue weighted by Crippen LogP contribution is -2.29. The van der Waals surface area contributed by atoms with Crippen molar-refractivity contribution in [3.05, 3.63) is 75.8 Å². The summed E-state index contributed by atoms with van der Waals surface area (Å²) in [6.45, 7) is 8.52. The van der Waals surface area contributed by atoms with E-state index < -0.39 is 23.7 Å². The minimum atomic E-state index is -0.989. The lowest BCUT2D eigenvalue weighted by molar-refractivity contribution is -0.132. The summed E-state index contributed by atoms with van der Waals surface area (Å²) in [5, 5.41) is 11.5. The van der Waals surface area contributed by atoms with Crippen molar-refractivity contribution in [3.63, 3.8) is 0 Å². The number of rotatable bonds is 11. The summed E-state index contributed by atoms with van der Waals surface area (Å²) < 4.78 is 16.4. The highest BCUT2D eigenvalue weighted by molar-refractivity contribution is 7.17. The first kappa shape index (κ1) is 28.8. The van der Waals surface area contributed by atoms with Crippen LogP contribution in [0.15, 0.2) is 54.1 Å². The number of ether oxygens (including phenoxy) is 3. The maximum Gasteiger partial charge on any atom is 0.350 e. The van der Waals surface area contributed by atoms with Gasteiger partial charge in [0, 0.05) is 5.56 Å². The molecule has 1 fully saturated rings. The van der Waals surface area contributed by atoms with Crippen LogP contribution in [0.2, 0.25) is 0 Å². The third kappa shape index (κ3) is 5.86. The largest absolute Gasteiger partial charge is 0.507 e. The molecule has 1 saturated heterocycles. The van der Waals surface area contributed by atoms with Gasteiger partial charge in [-0.2, -0.15) is 0 Å². The second-order valence-corrected chi connectivity index (χ2v) is 10.0. The molecule has 10 heteroatoms. The number of aliphatic hydroxyl groups is 1. The standard InChI is InChI=1S/C30H32N2O7S/c1-5-8-17-39-22-15-11-20(12-16-22)25(33)23-24(19-9-13-21(14-10-19)37-6-2)32(28(35)26(23)34)30-31-18(4)27(40-30)29(36)38-7-3/h9-16,24,33H,5-8,17H2,1-4H3. The molecule has 4 rings (SSSR count). The highest BCUT2D eigenvalue weighted by Gasteiger charge is 2.48. The summed E-state index contributed by atoms with van der Waals surface area (Å²) in [6, 6.07) is 12.7. The molecule has 0 saturated carbocycles. The van der Waals surface area contributed by atoms with E-state index in [4.69, 9.17) is 14.2 Å².